The molecule has 0 amide bonds. The van der Waals surface area contributed by atoms with E-state index in [0.717, 1.165) is 42.0 Å². The molecule has 0 radical (unpaired) electrons. The Hall–Kier alpha value is -0.350. The van der Waals surface area contributed by atoms with Crippen molar-refractivity contribution in [3.05, 3.63) is 0 Å². The van der Waals surface area contributed by atoms with Crippen LogP contribution in [0.4, 0.5) is 0 Å². The summed E-state index contributed by atoms with van der Waals surface area (Å²) in [5.41, 5.74) is 0.369. The molecule has 0 atom stereocenters. The van der Waals surface area contributed by atoms with Gasteiger partial charge < -0.3 is 10.2 Å². The van der Waals surface area contributed by atoms with E-state index in [4.69, 9.17) is 12.2 Å². The first-order chi connectivity index (χ1) is 11.7. The molecule has 1 aliphatic heterocycles. The second-order valence-electron chi connectivity index (χ2n) is 9.59. The molecule has 1 saturated heterocycles. The van der Waals surface area contributed by atoms with Gasteiger partial charge in [0.15, 0.2) is 5.11 Å². The van der Waals surface area contributed by atoms with Crippen LogP contribution in [-0.2, 0) is 0 Å². The lowest BCUT2D eigenvalue weighted by atomic mass is 9.53. The van der Waals surface area contributed by atoms with Gasteiger partial charge in [0.05, 0.1) is 0 Å². The lowest BCUT2D eigenvalue weighted by molar-refractivity contribution is -0.0117. The molecular formula is C20H33N3S. The maximum Gasteiger partial charge on any atom is 0.169 e. The summed E-state index contributed by atoms with van der Waals surface area (Å²) < 4.78 is 0. The average Bonchev–Trinajstić information content (AvgIpc) is 3.07. The van der Waals surface area contributed by atoms with E-state index in [2.05, 4.69) is 15.1 Å². The Labute approximate surface area is 152 Å². The zero-order valence-electron chi connectivity index (χ0n) is 15.0. The molecule has 6 fully saturated rings. The smallest absolute Gasteiger partial charge is 0.169 e. The molecule has 0 unspecified atom stereocenters. The van der Waals surface area contributed by atoms with Gasteiger partial charge in [0, 0.05) is 37.8 Å². The maximum atomic E-state index is 5.88. The summed E-state index contributed by atoms with van der Waals surface area (Å²) >= 11 is 5.88. The van der Waals surface area contributed by atoms with Gasteiger partial charge in [-0.15, -0.1) is 0 Å². The predicted molar refractivity (Wildman–Crippen MR) is 102 cm³/mol. The van der Waals surface area contributed by atoms with Crippen molar-refractivity contribution in [1.82, 2.24) is 15.1 Å². The van der Waals surface area contributed by atoms with Crippen molar-refractivity contribution in [2.75, 3.05) is 26.2 Å². The maximum absolute atomic E-state index is 5.88. The minimum absolute atomic E-state index is 0.369. The first-order valence-corrected chi connectivity index (χ1v) is 10.9. The minimum atomic E-state index is 0.369. The molecule has 1 heterocycles. The Balaban J connectivity index is 1.18. The normalized spacial score (nSPS) is 42.7. The first kappa shape index (κ1) is 15.9. The van der Waals surface area contributed by atoms with Crippen LogP contribution in [0.2, 0.25) is 0 Å². The summed E-state index contributed by atoms with van der Waals surface area (Å²) in [6, 6.07) is 0.872. The van der Waals surface area contributed by atoms with Crippen LogP contribution in [-0.4, -0.2) is 52.7 Å². The third kappa shape index (κ3) is 2.88. The van der Waals surface area contributed by atoms with Gasteiger partial charge >= 0.3 is 0 Å². The number of nitrogens with zero attached hydrogens (tertiary/aromatic N) is 2. The number of hydrogen-bond acceptors (Lipinski definition) is 2. The molecule has 0 aromatic heterocycles. The van der Waals surface area contributed by atoms with Crippen molar-refractivity contribution in [1.29, 1.82) is 0 Å². The molecule has 24 heavy (non-hydrogen) atoms. The van der Waals surface area contributed by atoms with Gasteiger partial charge in [0.2, 0.25) is 0 Å². The molecule has 5 saturated carbocycles. The Bertz CT molecular complexity index is 456. The third-order valence-corrected chi connectivity index (χ3v) is 8.21. The van der Waals surface area contributed by atoms with E-state index >= 15 is 0 Å². The van der Waals surface area contributed by atoms with E-state index in [0.29, 0.717) is 5.54 Å². The average molecular weight is 348 g/mol. The first-order valence-electron chi connectivity index (χ1n) is 10.5. The predicted octanol–water partition coefficient (Wildman–Crippen LogP) is 3.39. The number of hydrogen-bond donors (Lipinski definition) is 1. The van der Waals surface area contributed by atoms with Crippen LogP contribution >= 0.6 is 12.2 Å². The second-order valence-corrected chi connectivity index (χ2v) is 9.98. The Kier molecular flexibility index (Phi) is 4.05. The van der Waals surface area contributed by atoms with Crippen molar-refractivity contribution < 1.29 is 0 Å². The number of nitrogens with one attached hydrogen (secondary N) is 1. The Morgan fingerprint density at radius 3 is 1.92 bits per heavy atom. The highest BCUT2D eigenvalue weighted by Gasteiger charge is 2.51. The number of thiocarbonyl (C=S) groups is 1. The van der Waals surface area contributed by atoms with Gasteiger partial charge in [-0.2, -0.15) is 0 Å². The molecule has 0 aromatic carbocycles. The minimum Gasteiger partial charge on any atom is -0.357 e. The molecular weight excluding hydrogens is 314 g/mol. The van der Waals surface area contributed by atoms with Crippen LogP contribution in [0.25, 0.3) is 0 Å². The molecule has 6 aliphatic rings. The van der Waals surface area contributed by atoms with Crippen LogP contribution in [0, 0.1) is 17.8 Å². The van der Waals surface area contributed by atoms with Gasteiger partial charge in [-0.3, -0.25) is 4.90 Å². The quantitative estimate of drug-likeness (QED) is 0.772. The SMILES string of the molecule is S=C(NC12CC3CC(CC(C3)C1)C2)N1CCN(C2CCCC2)CC1. The molecule has 0 spiro atoms. The van der Waals surface area contributed by atoms with Gasteiger partial charge in [0.25, 0.3) is 0 Å². The molecule has 3 nitrogen and oxygen atoms in total. The topological polar surface area (TPSA) is 18.5 Å². The highest BCUT2D eigenvalue weighted by atomic mass is 32.1. The summed E-state index contributed by atoms with van der Waals surface area (Å²) in [4.78, 5) is 5.20. The highest BCUT2D eigenvalue weighted by Crippen LogP contribution is 2.55. The van der Waals surface area contributed by atoms with Crippen molar-refractivity contribution in [3.8, 4) is 0 Å². The molecule has 1 N–H and O–H groups in total. The standard InChI is InChI=1S/C20H33N3S/c24-19(23-7-5-22(6-8-23)18-3-1-2-4-18)21-20-12-15-9-16(13-20)11-17(10-15)14-20/h15-18H,1-14H2,(H,21,24). The second kappa shape index (κ2) is 6.12. The van der Waals surface area contributed by atoms with E-state index in [1.807, 2.05) is 0 Å². The summed E-state index contributed by atoms with van der Waals surface area (Å²) in [7, 11) is 0. The Morgan fingerprint density at radius 2 is 1.38 bits per heavy atom. The molecule has 4 heteroatoms. The summed E-state index contributed by atoms with van der Waals surface area (Å²) in [6.07, 6.45) is 14.4. The Morgan fingerprint density at radius 1 is 0.833 bits per heavy atom. The fraction of sp³-hybridized carbons (Fsp3) is 0.950. The van der Waals surface area contributed by atoms with E-state index in [-0.39, 0.29) is 0 Å². The fourth-order valence-electron chi connectivity index (χ4n) is 7.13. The van der Waals surface area contributed by atoms with Crippen LogP contribution in [0.3, 0.4) is 0 Å². The van der Waals surface area contributed by atoms with Crippen LogP contribution in [0.5, 0.6) is 0 Å². The van der Waals surface area contributed by atoms with Crippen molar-refractivity contribution >= 4 is 17.3 Å². The summed E-state index contributed by atoms with van der Waals surface area (Å²) in [5.74, 6) is 2.97. The lowest BCUT2D eigenvalue weighted by Gasteiger charge is -2.57. The van der Waals surface area contributed by atoms with E-state index in [1.165, 1.54) is 77.3 Å². The van der Waals surface area contributed by atoms with Gasteiger partial charge in [0.1, 0.15) is 0 Å². The molecule has 134 valence electrons. The van der Waals surface area contributed by atoms with Crippen LogP contribution < -0.4 is 5.32 Å². The van der Waals surface area contributed by atoms with Crippen molar-refractivity contribution in [2.24, 2.45) is 17.8 Å². The molecule has 0 aromatic rings. The van der Waals surface area contributed by atoms with Crippen LogP contribution in [0.15, 0.2) is 0 Å². The van der Waals surface area contributed by atoms with E-state index < -0.39 is 0 Å². The van der Waals surface area contributed by atoms with Crippen LogP contribution in [0.1, 0.15) is 64.2 Å². The molecule has 6 rings (SSSR count). The summed E-state index contributed by atoms with van der Waals surface area (Å²) in [5, 5.41) is 4.99. The van der Waals surface area contributed by atoms with E-state index in [1.54, 1.807) is 0 Å². The monoisotopic (exact) mass is 347 g/mol. The fourth-order valence-corrected chi connectivity index (χ4v) is 7.53. The van der Waals surface area contributed by atoms with Gasteiger partial charge in [-0.1, -0.05) is 12.8 Å². The number of rotatable bonds is 2. The zero-order valence-corrected chi connectivity index (χ0v) is 15.8. The van der Waals surface area contributed by atoms with Gasteiger partial charge in [-0.25, -0.2) is 0 Å². The lowest BCUT2D eigenvalue weighted by Crippen LogP contribution is -2.63. The third-order valence-electron chi connectivity index (χ3n) is 7.85. The molecule has 4 bridgehead atoms. The zero-order chi connectivity index (χ0) is 16.1. The summed E-state index contributed by atoms with van der Waals surface area (Å²) in [6.45, 7) is 4.70. The largest absolute Gasteiger partial charge is 0.357 e. The molecule has 5 aliphatic carbocycles. The van der Waals surface area contributed by atoms with Crippen molar-refractivity contribution in [3.63, 3.8) is 0 Å². The number of piperazine rings is 1. The van der Waals surface area contributed by atoms with Gasteiger partial charge in [-0.05, 0) is 81.3 Å². The van der Waals surface area contributed by atoms with E-state index in [9.17, 15) is 0 Å². The van der Waals surface area contributed by atoms with Crippen molar-refractivity contribution in [2.45, 2.75) is 75.8 Å². The highest BCUT2D eigenvalue weighted by molar-refractivity contribution is 7.80.